The summed E-state index contributed by atoms with van der Waals surface area (Å²) in [5.41, 5.74) is 3.82. The third-order valence-corrected chi connectivity index (χ3v) is 3.63. The molecule has 0 saturated carbocycles. The van der Waals surface area contributed by atoms with Crippen LogP contribution in [-0.4, -0.2) is 5.16 Å². The fourth-order valence-electron chi connectivity index (χ4n) is 2.00. The summed E-state index contributed by atoms with van der Waals surface area (Å²) in [6, 6.07) is 13.9. The molecule has 2 aromatic rings. The molecule has 0 fully saturated rings. The van der Waals surface area contributed by atoms with Crippen molar-refractivity contribution in [2.75, 3.05) is 0 Å². The lowest BCUT2D eigenvalue weighted by atomic mass is 10.1. The normalized spacial score (nSPS) is 9.55. The van der Waals surface area contributed by atoms with Crippen molar-refractivity contribution in [3.8, 4) is 11.8 Å². The number of halogens is 1. The summed E-state index contributed by atoms with van der Waals surface area (Å²) in [7, 11) is 0. The van der Waals surface area contributed by atoms with E-state index in [2.05, 4.69) is 65.4 Å². The number of hydrogen-bond acceptors (Lipinski definition) is 2. The second-order valence-corrected chi connectivity index (χ2v) is 5.51. The van der Waals surface area contributed by atoms with Gasteiger partial charge in [-0.15, -0.1) is 0 Å². The van der Waals surface area contributed by atoms with Crippen LogP contribution in [0.1, 0.15) is 36.5 Å². The lowest BCUT2D eigenvalue weighted by Gasteiger charge is -1.99. The molecule has 0 aromatic heterocycles. The number of aryl methyl sites for hydroxylation is 1. The zero-order chi connectivity index (χ0) is 15.8. The van der Waals surface area contributed by atoms with E-state index >= 15 is 0 Å². The predicted molar refractivity (Wildman–Crippen MR) is 97.2 cm³/mol. The quantitative estimate of drug-likeness (QED) is 0.392. The molecule has 0 aliphatic rings. The van der Waals surface area contributed by atoms with Gasteiger partial charge in [0.05, 0.1) is 15.9 Å². The van der Waals surface area contributed by atoms with Crippen molar-refractivity contribution in [3.05, 3.63) is 64.2 Å². The Labute approximate surface area is 142 Å². The molecule has 0 N–H and O–H groups in total. The van der Waals surface area contributed by atoms with Crippen LogP contribution in [0.3, 0.4) is 0 Å². The molecule has 0 aliphatic heterocycles. The number of aliphatic imine (C=N–C) groups is 1. The topological polar surface area (TPSA) is 12.4 Å². The summed E-state index contributed by atoms with van der Waals surface area (Å²) in [5, 5.41) is 2.84. The van der Waals surface area contributed by atoms with Crippen LogP contribution in [0.25, 0.3) is 0 Å². The van der Waals surface area contributed by atoms with Crippen LogP contribution in [-0.2, 0) is 6.42 Å². The lowest BCUT2D eigenvalue weighted by molar-refractivity contribution is 0.795. The van der Waals surface area contributed by atoms with E-state index in [1.165, 1.54) is 18.4 Å². The molecule has 110 valence electrons. The molecule has 3 heteroatoms. The van der Waals surface area contributed by atoms with Gasteiger partial charge >= 0.3 is 0 Å². The SMILES string of the molecule is CCCCc1ccc(C#Cc2ccc(N=C=S)c(Cl)c2)cc1. The highest BCUT2D eigenvalue weighted by molar-refractivity contribution is 7.78. The maximum Gasteiger partial charge on any atom is 0.0926 e. The van der Waals surface area contributed by atoms with Crippen molar-refractivity contribution in [3.63, 3.8) is 0 Å². The summed E-state index contributed by atoms with van der Waals surface area (Å²) >= 11 is 10.7. The highest BCUT2D eigenvalue weighted by Gasteiger charge is 1.98. The average Bonchev–Trinajstić information content (AvgIpc) is 2.54. The zero-order valence-corrected chi connectivity index (χ0v) is 14.0. The van der Waals surface area contributed by atoms with Crippen LogP contribution in [0.15, 0.2) is 47.5 Å². The minimum atomic E-state index is 0.527. The second-order valence-electron chi connectivity index (χ2n) is 4.92. The van der Waals surface area contributed by atoms with Gasteiger partial charge in [-0.1, -0.05) is 48.9 Å². The van der Waals surface area contributed by atoms with Crippen molar-refractivity contribution in [1.82, 2.24) is 0 Å². The Kier molecular flexibility index (Phi) is 6.37. The van der Waals surface area contributed by atoms with E-state index in [9.17, 15) is 0 Å². The van der Waals surface area contributed by atoms with Gasteiger partial charge in [0, 0.05) is 11.1 Å². The van der Waals surface area contributed by atoms with Crippen LogP contribution in [0, 0.1) is 11.8 Å². The highest BCUT2D eigenvalue weighted by Crippen LogP contribution is 2.25. The Bertz CT molecular complexity index is 747. The molecule has 22 heavy (non-hydrogen) atoms. The van der Waals surface area contributed by atoms with Gasteiger partial charge in [0.1, 0.15) is 0 Å². The van der Waals surface area contributed by atoms with Crippen LogP contribution in [0.4, 0.5) is 5.69 Å². The van der Waals surface area contributed by atoms with Gasteiger partial charge in [0.25, 0.3) is 0 Å². The van der Waals surface area contributed by atoms with E-state index in [0.29, 0.717) is 10.7 Å². The predicted octanol–water partition coefficient (Wildman–Crippen LogP) is 5.82. The maximum atomic E-state index is 6.11. The van der Waals surface area contributed by atoms with E-state index in [1.807, 2.05) is 6.07 Å². The minimum absolute atomic E-state index is 0.527. The molecular formula is C19H16ClNS. The monoisotopic (exact) mass is 325 g/mol. The third-order valence-electron chi connectivity index (χ3n) is 3.24. The molecule has 2 aromatic carbocycles. The Balaban J connectivity index is 2.12. The highest BCUT2D eigenvalue weighted by atomic mass is 35.5. The molecule has 0 heterocycles. The number of unbranched alkanes of at least 4 members (excludes halogenated alkanes) is 1. The van der Waals surface area contributed by atoms with Gasteiger partial charge < -0.3 is 0 Å². The Morgan fingerprint density at radius 1 is 1.05 bits per heavy atom. The molecule has 2 rings (SSSR count). The molecule has 0 amide bonds. The third kappa shape index (κ3) is 4.83. The van der Waals surface area contributed by atoms with Crippen LogP contribution in [0.5, 0.6) is 0 Å². The molecule has 0 aliphatic carbocycles. The van der Waals surface area contributed by atoms with Gasteiger partial charge in [-0.25, -0.2) is 0 Å². The number of nitrogens with zero attached hydrogens (tertiary/aromatic N) is 1. The van der Waals surface area contributed by atoms with E-state index in [4.69, 9.17) is 11.6 Å². The van der Waals surface area contributed by atoms with Crippen LogP contribution >= 0.6 is 23.8 Å². The van der Waals surface area contributed by atoms with Crippen molar-refractivity contribution < 1.29 is 0 Å². The molecule has 0 spiro atoms. The molecule has 0 unspecified atom stereocenters. The fraction of sp³-hybridized carbons (Fsp3) is 0.211. The van der Waals surface area contributed by atoms with Gasteiger partial charge in [-0.05, 0) is 61.0 Å². The fourth-order valence-corrected chi connectivity index (χ4v) is 2.33. The van der Waals surface area contributed by atoms with Crippen molar-refractivity contribution >= 4 is 34.7 Å². The number of rotatable bonds is 4. The number of benzene rings is 2. The molecule has 1 nitrogen and oxygen atoms in total. The first-order valence-corrected chi connectivity index (χ1v) is 8.00. The molecule has 0 saturated heterocycles. The van der Waals surface area contributed by atoms with Gasteiger partial charge in [-0.3, -0.25) is 0 Å². The smallest absolute Gasteiger partial charge is 0.0926 e. The first-order chi connectivity index (χ1) is 10.7. The van der Waals surface area contributed by atoms with Gasteiger partial charge in [-0.2, -0.15) is 4.99 Å². The second kappa shape index (κ2) is 8.51. The van der Waals surface area contributed by atoms with Crippen LogP contribution in [0.2, 0.25) is 5.02 Å². The lowest BCUT2D eigenvalue weighted by Crippen LogP contribution is -1.84. The van der Waals surface area contributed by atoms with E-state index in [-0.39, 0.29) is 0 Å². The Morgan fingerprint density at radius 3 is 2.36 bits per heavy atom. The maximum absolute atomic E-state index is 6.11. The molecule has 0 radical (unpaired) electrons. The van der Waals surface area contributed by atoms with Crippen molar-refractivity contribution in [1.29, 1.82) is 0 Å². The summed E-state index contributed by atoms with van der Waals surface area (Å²) < 4.78 is 0. The minimum Gasteiger partial charge on any atom is -0.193 e. The van der Waals surface area contributed by atoms with E-state index < -0.39 is 0 Å². The van der Waals surface area contributed by atoms with E-state index in [1.54, 1.807) is 12.1 Å². The van der Waals surface area contributed by atoms with Crippen LogP contribution < -0.4 is 0 Å². The first-order valence-electron chi connectivity index (χ1n) is 7.21. The summed E-state index contributed by atoms with van der Waals surface area (Å²) in [6.07, 6.45) is 3.56. The van der Waals surface area contributed by atoms with Gasteiger partial charge in [0.2, 0.25) is 0 Å². The Hall–Kier alpha value is -1.91. The standard InChI is InChI=1S/C19H16ClNS/c1-2-3-4-15-5-7-16(8-6-15)9-10-17-11-12-19(21-14-22)18(20)13-17/h5-8,11-13H,2-4H2,1H3. The number of hydrogen-bond donors (Lipinski definition) is 0. The van der Waals surface area contributed by atoms with Gasteiger partial charge in [0.15, 0.2) is 0 Å². The number of thiocarbonyl (C=S) groups is 1. The summed E-state index contributed by atoms with van der Waals surface area (Å²) in [4.78, 5) is 3.88. The average molecular weight is 326 g/mol. The zero-order valence-electron chi connectivity index (χ0n) is 12.4. The van der Waals surface area contributed by atoms with E-state index in [0.717, 1.165) is 17.5 Å². The first kappa shape index (κ1) is 16.5. The molecule has 0 atom stereocenters. The van der Waals surface area contributed by atoms with Crippen molar-refractivity contribution in [2.24, 2.45) is 4.99 Å². The summed E-state index contributed by atoms with van der Waals surface area (Å²) in [6.45, 7) is 2.20. The molecular weight excluding hydrogens is 310 g/mol. The summed E-state index contributed by atoms with van der Waals surface area (Å²) in [5.74, 6) is 6.26. The largest absolute Gasteiger partial charge is 0.193 e. The van der Waals surface area contributed by atoms with Crippen molar-refractivity contribution in [2.45, 2.75) is 26.2 Å². The molecule has 0 bridgehead atoms. The Morgan fingerprint density at radius 2 is 1.73 bits per heavy atom. The number of isothiocyanates is 1.